The zero-order valence-corrected chi connectivity index (χ0v) is 10.4. The molecule has 0 aromatic carbocycles. The molecule has 1 unspecified atom stereocenters. The maximum Gasteiger partial charge on any atom is 0.0902 e. The van der Waals surface area contributed by atoms with Crippen LogP contribution in [-0.2, 0) is 4.74 Å². The van der Waals surface area contributed by atoms with E-state index in [-0.39, 0.29) is 0 Å². The molecule has 0 bridgehead atoms. The van der Waals surface area contributed by atoms with Crippen LogP contribution in [0.2, 0.25) is 0 Å². The lowest BCUT2D eigenvalue weighted by molar-refractivity contribution is 0.104. The Morgan fingerprint density at radius 2 is 2.33 bits per heavy atom. The van der Waals surface area contributed by atoms with Crippen LogP contribution >= 0.6 is 12.2 Å². The molecule has 0 saturated carbocycles. The van der Waals surface area contributed by atoms with E-state index in [0.717, 1.165) is 39.1 Å². The molecule has 1 atom stereocenters. The van der Waals surface area contributed by atoms with Gasteiger partial charge in [0.05, 0.1) is 17.6 Å². The molecule has 0 amide bonds. The highest BCUT2D eigenvalue weighted by molar-refractivity contribution is 7.80. The van der Waals surface area contributed by atoms with E-state index < -0.39 is 0 Å². The summed E-state index contributed by atoms with van der Waals surface area (Å²) in [5.41, 5.74) is 5.69. The maximum atomic E-state index is 5.69. The summed E-state index contributed by atoms with van der Waals surface area (Å²) in [4.78, 5) is 2.98. The lowest BCUT2D eigenvalue weighted by atomic mass is 10.2. The summed E-state index contributed by atoms with van der Waals surface area (Å²) < 4.78 is 5.54. The standard InChI is InChI=1S/C11H22N2OS/c1-2-3-8-14-9-7-13-6-4-5-10(13)11(12)15/h10H,2-9H2,1H3,(H2,12,15). The van der Waals surface area contributed by atoms with Crippen LogP contribution in [0.4, 0.5) is 0 Å². The van der Waals surface area contributed by atoms with E-state index in [0.29, 0.717) is 11.0 Å². The van der Waals surface area contributed by atoms with Gasteiger partial charge in [-0.05, 0) is 25.8 Å². The number of likely N-dealkylation sites (tertiary alicyclic amines) is 1. The van der Waals surface area contributed by atoms with Gasteiger partial charge in [-0.1, -0.05) is 25.6 Å². The minimum Gasteiger partial charge on any atom is -0.392 e. The average Bonchev–Trinajstić information content (AvgIpc) is 2.66. The van der Waals surface area contributed by atoms with E-state index >= 15 is 0 Å². The van der Waals surface area contributed by atoms with Crippen molar-refractivity contribution in [3.8, 4) is 0 Å². The molecule has 1 aliphatic rings. The largest absolute Gasteiger partial charge is 0.392 e. The summed E-state index contributed by atoms with van der Waals surface area (Å²) in [6.45, 7) is 5.93. The predicted molar refractivity (Wildman–Crippen MR) is 67.1 cm³/mol. The second-order valence-corrected chi connectivity index (χ2v) is 4.53. The van der Waals surface area contributed by atoms with Crippen molar-refractivity contribution in [2.45, 2.75) is 38.6 Å². The molecule has 88 valence electrons. The van der Waals surface area contributed by atoms with Crippen molar-refractivity contribution in [3.63, 3.8) is 0 Å². The van der Waals surface area contributed by atoms with Crippen molar-refractivity contribution in [3.05, 3.63) is 0 Å². The first-order chi connectivity index (χ1) is 7.25. The molecule has 0 spiro atoms. The van der Waals surface area contributed by atoms with Gasteiger partial charge >= 0.3 is 0 Å². The van der Waals surface area contributed by atoms with E-state index in [2.05, 4.69) is 11.8 Å². The first-order valence-corrected chi connectivity index (χ1v) is 6.27. The SMILES string of the molecule is CCCCOCCN1CCCC1C(N)=S. The Hall–Kier alpha value is -0.190. The maximum absolute atomic E-state index is 5.69. The molecule has 1 heterocycles. The zero-order valence-electron chi connectivity index (χ0n) is 9.58. The Morgan fingerprint density at radius 1 is 1.53 bits per heavy atom. The van der Waals surface area contributed by atoms with Gasteiger partial charge in [-0.15, -0.1) is 0 Å². The molecule has 3 nitrogen and oxygen atoms in total. The highest BCUT2D eigenvalue weighted by Crippen LogP contribution is 2.16. The van der Waals surface area contributed by atoms with Crippen molar-refractivity contribution < 1.29 is 4.74 Å². The lowest BCUT2D eigenvalue weighted by Gasteiger charge is -2.23. The molecule has 15 heavy (non-hydrogen) atoms. The van der Waals surface area contributed by atoms with Crippen LogP contribution in [-0.4, -0.2) is 42.2 Å². The Balaban J connectivity index is 2.12. The lowest BCUT2D eigenvalue weighted by Crippen LogP contribution is -2.40. The molecule has 0 aromatic rings. The Kier molecular flexibility index (Phi) is 6.13. The van der Waals surface area contributed by atoms with E-state index in [1.807, 2.05) is 0 Å². The number of hydrogen-bond donors (Lipinski definition) is 1. The number of unbranched alkanes of at least 4 members (excludes halogenated alkanes) is 1. The van der Waals surface area contributed by atoms with E-state index in [9.17, 15) is 0 Å². The Labute approximate surface area is 98.0 Å². The second kappa shape index (κ2) is 7.14. The highest BCUT2D eigenvalue weighted by Gasteiger charge is 2.25. The minimum absolute atomic E-state index is 0.315. The van der Waals surface area contributed by atoms with Crippen LogP contribution in [0.5, 0.6) is 0 Å². The van der Waals surface area contributed by atoms with Gasteiger partial charge in [-0.2, -0.15) is 0 Å². The normalized spacial score (nSPS) is 22.1. The van der Waals surface area contributed by atoms with E-state index in [4.69, 9.17) is 22.7 Å². The van der Waals surface area contributed by atoms with Gasteiger partial charge in [-0.3, -0.25) is 4.90 Å². The van der Waals surface area contributed by atoms with Gasteiger partial charge in [0.25, 0.3) is 0 Å². The van der Waals surface area contributed by atoms with E-state index in [1.165, 1.54) is 12.8 Å². The van der Waals surface area contributed by atoms with Crippen molar-refractivity contribution >= 4 is 17.2 Å². The number of nitrogens with zero attached hydrogens (tertiary/aromatic N) is 1. The van der Waals surface area contributed by atoms with Crippen molar-refractivity contribution in [1.82, 2.24) is 4.90 Å². The second-order valence-electron chi connectivity index (χ2n) is 4.06. The zero-order chi connectivity index (χ0) is 11.1. The fourth-order valence-corrected chi connectivity index (χ4v) is 2.21. The van der Waals surface area contributed by atoms with Gasteiger partial charge in [0.15, 0.2) is 0 Å². The van der Waals surface area contributed by atoms with Gasteiger partial charge in [0, 0.05) is 13.2 Å². The fraction of sp³-hybridized carbons (Fsp3) is 0.909. The number of rotatable bonds is 7. The van der Waals surface area contributed by atoms with Crippen LogP contribution in [0.15, 0.2) is 0 Å². The van der Waals surface area contributed by atoms with Crippen LogP contribution in [0, 0.1) is 0 Å². The molecule has 1 fully saturated rings. The van der Waals surface area contributed by atoms with Crippen molar-refractivity contribution in [2.75, 3.05) is 26.3 Å². The average molecular weight is 230 g/mol. The Bertz CT molecular complexity index is 199. The first kappa shape index (κ1) is 12.9. The summed E-state index contributed by atoms with van der Waals surface area (Å²) in [6.07, 6.45) is 4.67. The summed E-state index contributed by atoms with van der Waals surface area (Å²) in [5.74, 6) is 0. The third kappa shape index (κ3) is 4.45. The summed E-state index contributed by atoms with van der Waals surface area (Å²) >= 11 is 5.05. The van der Waals surface area contributed by atoms with Crippen LogP contribution in [0.3, 0.4) is 0 Å². The van der Waals surface area contributed by atoms with Crippen molar-refractivity contribution in [2.24, 2.45) is 5.73 Å². The molecule has 0 radical (unpaired) electrons. The number of ether oxygens (including phenoxy) is 1. The molecule has 1 rings (SSSR count). The summed E-state index contributed by atoms with van der Waals surface area (Å²) in [5, 5.41) is 0. The van der Waals surface area contributed by atoms with Crippen LogP contribution < -0.4 is 5.73 Å². The topological polar surface area (TPSA) is 38.5 Å². The van der Waals surface area contributed by atoms with Gasteiger partial charge in [-0.25, -0.2) is 0 Å². The molecule has 1 saturated heterocycles. The number of hydrogen-bond acceptors (Lipinski definition) is 3. The monoisotopic (exact) mass is 230 g/mol. The first-order valence-electron chi connectivity index (χ1n) is 5.86. The third-order valence-electron chi connectivity index (χ3n) is 2.86. The van der Waals surface area contributed by atoms with Gasteiger partial charge < -0.3 is 10.5 Å². The summed E-state index contributed by atoms with van der Waals surface area (Å²) in [7, 11) is 0. The molecular weight excluding hydrogens is 208 g/mol. The van der Waals surface area contributed by atoms with E-state index in [1.54, 1.807) is 0 Å². The Morgan fingerprint density at radius 3 is 3.00 bits per heavy atom. The molecule has 4 heteroatoms. The fourth-order valence-electron chi connectivity index (χ4n) is 1.95. The van der Waals surface area contributed by atoms with Gasteiger partial charge in [0.2, 0.25) is 0 Å². The van der Waals surface area contributed by atoms with Crippen molar-refractivity contribution in [1.29, 1.82) is 0 Å². The molecular formula is C11H22N2OS. The highest BCUT2D eigenvalue weighted by atomic mass is 32.1. The number of nitrogens with two attached hydrogens (primary N) is 1. The molecule has 2 N–H and O–H groups in total. The molecule has 1 aliphatic heterocycles. The van der Waals surface area contributed by atoms with Gasteiger partial charge in [0.1, 0.15) is 0 Å². The van der Waals surface area contributed by atoms with Crippen LogP contribution in [0.1, 0.15) is 32.6 Å². The third-order valence-corrected chi connectivity index (χ3v) is 3.13. The minimum atomic E-state index is 0.315. The predicted octanol–water partition coefficient (Wildman–Crippen LogP) is 1.55. The smallest absolute Gasteiger partial charge is 0.0902 e. The molecule has 0 aliphatic carbocycles. The number of thiocarbonyl (C=S) groups is 1. The van der Waals surface area contributed by atoms with Crippen LogP contribution in [0.25, 0.3) is 0 Å². The summed E-state index contributed by atoms with van der Waals surface area (Å²) in [6, 6.07) is 0.315. The quantitative estimate of drug-likeness (QED) is 0.532. The molecule has 0 aromatic heterocycles.